The van der Waals surface area contributed by atoms with Gasteiger partial charge in [0.25, 0.3) is 5.91 Å². The Hall–Kier alpha value is -1.51. The minimum atomic E-state index is 0.115. The quantitative estimate of drug-likeness (QED) is 0.853. The minimum absolute atomic E-state index is 0.115. The van der Waals surface area contributed by atoms with Gasteiger partial charge in [-0.05, 0) is 51.3 Å². The number of rotatable bonds is 6. The van der Waals surface area contributed by atoms with Gasteiger partial charge in [0, 0.05) is 24.8 Å². The monoisotopic (exact) mass is 276 g/mol. The molecular formula is C17H28N2O. The molecule has 1 rings (SSSR count). The molecule has 1 aromatic carbocycles. The number of hydrogen-bond donors (Lipinski definition) is 1. The SMILES string of the molecule is CCNc1cc(C)ccc1C(=O)N(CC(C)C)C(C)C. The van der Waals surface area contributed by atoms with Gasteiger partial charge in [-0.15, -0.1) is 0 Å². The molecule has 0 unspecified atom stereocenters. The molecule has 0 radical (unpaired) electrons. The number of nitrogens with one attached hydrogen (secondary N) is 1. The van der Waals surface area contributed by atoms with Gasteiger partial charge >= 0.3 is 0 Å². The van der Waals surface area contributed by atoms with Crippen molar-refractivity contribution in [2.75, 3.05) is 18.4 Å². The van der Waals surface area contributed by atoms with Gasteiger partial charge in [-0.25, -0.2) is 0 Å². The first-order valence-corrected chi connectivity index (χ1v) is 7.52. The molecule has 0 aliphatic carbocycles. The molecule has 3 heteroatoms. The second kappa shape index (κ2) is 7.32. The van der Waals surface area contributed by atoms with Gasteiger partial charge in [0.1, 0.15) is 0 Å². The van der Waals surface area contributed by atoms with Crippen LogP contribution < -0.4 is 5.32 Å². The Morgan fingerprint density at radius 1 is 1.25 bits per heavy atom. The Morgan fingerprint density at radius 3 is 2.40 bits per heavy atom. The smallest absolute Gasteiger partial charge is 0.256 e. The molecule has 0 aliphatic heterocycles. The maximum absolute atomic E-state index is 12.8. The second-order valence-electron chi connectivity index (χ2n) is 6.02. The summed E-state index contributed by atoms with van der Waals surface area (Å²) in [4.78, 5) is 14.8. The highest BCUT2D eigenvalue weighted by atomic mass is 16.2. The Labute approximate surface area is 123 Å². The summed E-state index contributed by atoms with van der Waals surface area (Å²) in [6, 6.07) is 6.19. The van der Waals surface area contributed by atoms with Crippen molar-refractivity contribution >= 4 is 11.6 Å². The average Bonchev–Trinajstić information content (AvgIpc) is 2.35. The summed E-state index contributed by atoms with van der Waals surface area (Å²) in [7, 11) is 0. The maximum atomic E-state index is 12.8. The summed E-state index contributed by atoms with van der Waals surface area (Å²) in [5.74, 6) is 0.582. The van der Waals surface area contributed by atoms with E-state index in [0.717, 1.165) is 29.9 Å². The number of carbonyl (C=O) groups excluding carboxylic acids is 1. The zero-order valence-electron chi connectivity index (χ0n) is 13.7. The number of carbonyl (C=O) groups is 1. The summed E-state index contributed by atoms with van der Waals surface area (Å²) in [6.45, 7) is 14.1. The van der Waals surface area contributed by atoms with Gasteiger partial charge in [-0.1, -0.05) is 19.9 Å². The molecule has 20 heavy (non-hydrogen) atoms. The van der Waals surface area contributed by atoms with Crippen LogP contribution in [-0.4, -0.2) is 29.9 Å². The average molecular weight is 276 g/mol. The minimum Gasteiger partial charge on any atom is -0.385 e. The van der Waals surface area contributed by atoms with Crippen LogP contribution in [0.2, 0.25) is 0 Å². The lowest BCUT2D eigenvalue weighted by atomic mass is 10.1. The van der Waals surface area contributed by atoms with Crippen molar-refractivity contribution in [2.45, 2.75) is 47.6 Å². The summed E-state index contributed by atoms with van der Waals surface area (Å²) in [6.07, 6.45) is 0. The van der Waals surface area contributed by atoms with Gasteiger partial charge in [0.2, 0.25) is 0 Å². The normalized spacial score (nSPS) is 11.0. The van der Waals surface area contributed by atoms with Crippen LogP contribution in [0.1, 0.15) is 50.5 Å². The molecule has 0 aliphatic rings. The summed E-state index contributed by atoms with van der Waals surface area (Å²) >= 11 is 0. The maximum Gasteiger partial charge on any atom is 0.256 e. The molecule has 1 aromatic rings. The first-order chi connectivity index (χ1) is 9.36. The van der Waals surface area contributed by atoms with Crippen molar-refractivity contribution < 1.29 is 4.79 Å². The topological polar surface area (TPSA) is 32.3 Å². The number of anilines is 1. The Balaban J connectivity index is 3.10. The van der Waals surface area contributed by atoms with E-state index < -0.39 is 0 Å². The van der Waals surface area contributed by atoms with E-state index in [-0.39, 0.29) is 11.9 Å². The van der Waals surface area contributed by atoms with Gasteiger partial charge < -0.3 is 10.2 Å². The third-order valence-electron chi connectivity index (χ3n) is 3.22. The summed E-state index contributed by atoms with van der Waals surface area (Å²) in [5.41, 5.74) is 2.87. The zero-order valence-corrected chi connectivity index (χ0v) is 13.7. The molecule has 0 heterocycles. The fourth-order valence-electron chi connectivity index (χ4n) is 2.26. The van der Waals surface area contributed by atoms with E-state index in [2.05, 4.69) is 33.0 Å². The van der Waals surface area contributed by atoms with E-state index in [0.29, 0.717) is 5.92 Å². The number of nitrogens with zero attached hydrogens (tertiary/aromatic N) is 1. The van der Waals surface area contributed by atoms with Crippen LogP contribution in [0.5, 0.6) is 0 Å². The Bertz CT molecular complexity index is 452. The molecule has 0 saturated heterocycles. The van der Waals surface area contributed by atoms with Crippen LogP contribution in [0.25, 0.3) is 0 Å². The van der Waals surface area contributed by atoms with Crippen LogP contribution in [0.3, 0.4) is 0 Å². The van der Waals surface area contributed by atoms with Crippen molar-refractivity contribution in [1.29, 1.82) is 0 Å². The second-order valence-corrected chi connectivity index (χ2v) is 6.02. The predicted octanol–water partition coefficient (Wildman–Crippen LogP) is 3.93. The van der Waals surface area contributed by atoms with Gasteiger partial charge in [0.05, 0.1) is 5.56 Å². The van der Waals surface area contributed by atoms with Crippen LogP contribution in [-0.2, 0) is 0 Å². The largest absolute Gasteiger partial charge is 0.385 e. The summed E-state index contributed by atoms with van der Waals surface area (Å²) in [5, 5.41) is 3.30. The Kier molecular flexibility index (Phi) is 6.05. The van der Waals surface area contributed by atoms with Gasteiger partial charge in [0.15, 0.2) is 0 Å². The Morgan fingerprint density at radius 2 is 1.90 bits per heavy atom. The van der Waals surface area contributed by atoms with Crippen LogP contribution in [0.4, 0.5) is 5.69 Å². The molecule has 3 nitrogen and oxygen atoms in total. The standard InChI is InChI=1S/C17H28N2O/c1-7-18-16-10-14(6)8-9-15(16)17(20)19(13(4)5)11-12(2)3/h8-10,12-13,18H,7,11H2,1-6H3. The first kappa shape index (κ1) is 16.5. The molecule has 0 saturated carbocycles. The molecule has 112 valence electrons. The zero-order chi connectivity index (χ0) is 15.3. The molecular weight excluding hydrogens is 248 g/mol. The van der Waals surface area contributed by atoms with Crippen LogP contribution in [0, 0.1) is 12.8 Å². The molecule has 0 atom stereocenters. The lowest BCUT2D eigenvalue weighted by Gasteiger charge is -2.29. The van der Waals surface area contributed by atoms with Crippen molar-refractivity contribution in [1.82, 2.24) is 4.90 Å². The fraction of sp³-hybridized carbons (Fsp3) is 0.588. The van der Waals surface area contributed by atoms with Crippen LogP contribution >= 0.6 is 0 Å². The highest BCUT2D eigenvalue weighted by Gasteiger charge is 2.22. The van der Waals surface area contributed by atoms with Crippen molar-refractivity contribution in [3.63, 3.8) is 0 Å². The predicted molar refractivity (Wildman–Crippen MR) is 86.4 cm³/mol. The van der Waals surface area contributed by atoms with Crippen molar-refractivity contribution in [2.24, 2.45) is 5.92 Å². The molecule has 0 aromatic heterocycles. The highest BCUT2D eigenvalue weighted by molar-refractivity contribution is 6.00. The van der Waals surface area contributed by atoms with E-state index >= 15 is 0 Å². The molecule has 0 spiro atoms. The molecule has 1 N–H and O–H groups in total. The van der Waals surface area contributed by atoms with E-state index in [4.69, 9.17) is 0 Å². The molecule has 1 amide bonds. The van der Waals surface area contributed by atoms with E-state index in [1.54, 1.807) is 0 Å². The van der Waals surface area contributed by atoms with Crippen LogP contribution in [0.15, 0.2) is 18.2 Å². The number of aryl methyl sites for hydroxylation is 1. The van der Waals surface area contributed by atoms with Gasteiger partial charge in [-0.2, -0.15) is 0 Å². The summed E-state index contributed by atoms with van der Waals surface area (Å²) < 4.78 is 0. The third kappa shape index (κ3) is 4.26. The third-order valence-corrected chi connectivity index (χ3v) is 3.22. The lowest BCUT2D eigenvalue weighted by Crippen LogP contribution is -2.39. The molecule has 0 fully saturated rings. The van der Waals surface area contributed by atoms with Crippen molar-refractivity contribution in [3.8, 4) is 0 Å². The number of hydrogen-bond acceptors (Lipinski definition) is 2. The molecule has 0 bridgehead atoms. The van der Waals surface area contributed by atoms with Crippen molar-refractivity contribution in [3.05, 3.63) is 29.3 Å². The number of benzene rings is 1. The van der Waals surface area contributed by atoms with Gasteiger partial charge in [-0.3, -0.25) is 4.79 Å². The first-order valence-electron chi connectivity index (χ1n) is 7.52. The van der Waals surface area contributed by atoms with E-state index in [1.807, 2.05) is 36.9 Å². The van der Waals surface area contributed by atoms with E-state index in [9.17, 15) is 4.79 Å². The lowest BCUT2D eigenvalue weighted by molar-refractivity contribution is 0.0683. The highest BCUT2D eigenvalue weighted by Crippen LogP contribution is 2.21. The number of amides is 1. The van der Waals surface area contributed by atoms with E-state index in [1.165, 1.54) is 0 Å². The fourth-order valence-corrected chi connectivity index (χ4v) is 2.26.